The Kier molecular flexibility index (Phi) is 0.940. The van der Waals surface area contributed by atoms with Crippen LogP contribution >= 0.6 is 0 Å². The molecular formula is C11H12N2O. The zero-order valence-corrected chi connectivity index (χ0v) is 7.92. The standard InChI is InChI=1S/C11H12N2O/c14-9-3-1-2-8-11-4-10(11,5-12-6-11)7-13(8)9/h1-3,12H,4-7H2. The summed E-state index contributed by atoms with van der Waals surface area (Å²) in [5, 5.41) is 3.45. The summed E-state index contributed by atoms with van der Waals surface area (Å²) in [5.74, 6) is 0. The summed E-state index contributed by atoms with van der Waals surface area (Å²) in [7, 11) is 0. The average Bonchev–Trinajstić information content (AvgIpc) is 2.56. The lowest BCUT2D eigenvalue weighted by molar-refractivity contribution is 0.451. The molecule has 72 valence electrons. The molecule has 0 radical (unpaired) electrons. The van der Waals surface area contributed by atoms with E-state index in [1.807, 2.05) is 10.6 Å². The molecule has 1 aromatic heterocycles. The molecule has 2 aliphatic heterocycles. The number of hydrogen-bond acceptors (Lipinski definition) is 2. The number of nitrogens with one attached hydrogen (secondary N) is 1. The van der Waals surface area contributed by atoms with E-state index < -0.39 is 0 Å². The first-order valence-corrected chi connectivity index (χ1v) is 5.19. The van der Waals surface area contributed by atoms with Crippen LogP contribution in [0.25, 0.3) is 0 Å². The molecule has 14 heavy (non-hydrogen) atoms. The number of pyridine rings is 1. The van der Waals surface area contributed by atoms with E-state index in [-0.39, 0.29) is 5.56 Å². The molecule has 0 aromatic carbocycles. The molecule has 3 nitrogen and oxygen atoms in total. The van der Waals surface area contributed by atoms with Crippen LogP contribution in [0.2, 0.25) is 0 Å². The highest BCUT2D eigenvalue weighted by Gasteiger charge is 2.74. The summed E-state index contributed by atoms with van der Waals surface area (Å²) in [5.41, 5.74) is 2.18. The normalized spacial score (nSPS) is 41.7. The number of nitrogens with zero attached hydrogens (tertiary/aromatic N) is 1. The lowest BCUT2D eigenvalue weighted by atomic mass is 9.97. The first-order valence-electron chi connectivity index (χ1n) is 5.19. The fourth-order valence-corrected chi connectivity index (χ4v) is 3.65. The van der Waals surface area contributed by atoms with Crippen LogP contribution in [0.3, 0.4) is 0 Å². The van der Waals surface area contributed by atoms with Crippen LogP contribution in [-0.4, -0.2) is 17.7 Å². The summed E-state index contributed by atoms with van der Waals surface area (Å²) >= 11 is 0. The summed E-state index contributed by atoms with van der Waals surface area (Å²) in [6.45, 7) is 3.10. The van der Waals surface area contributed by atoms with E-state index in [4.69, 9.17) is 0 Å². The van der Waals surface area contributed by atoms with Crippen LogP contribution in [-0.2, 0) is 12.0 Å². The van der Waals surface area contributed by atoms with Gasteiger partial charge in [-0.05, 0) is 12.5 Å². The second-order valence-electron chi connectivity index (χ2n) is 4.98. The lowest BCUT2D eigenvalue weighted by Gasteiger charge is -2.14. The topological polar surface area (TPSA) is 34.0 Å². The fraction of sp³-hybridized carbons (Fsp3) is 0.545. The van der Waals surface area contributed by atoms with Gasteiger partial charge in [-0.25, -0.2) is 0 Å². The molecule has 1 aliphatic carbocycles. The molecule has 1 aromatic rings. The van der Waals surface area contributed by atoms with Crippen LogP contribution in [0.1, 0.15) is 12.1 Å². The Balaban J connectivity index is 2.04. The van der Waals surface area contributed by atoms with Crippen molar-refractivity contribution in [1.29, 1.82) is 0 Å². The molecule has 0 spiro atoms. The molecule has 2 atom stereocenters. The molecule has 0 amide bonds. The molecule has 2 unspecified atom stereocenters. The maximum atomic E-state index is 11.6. The first kappa shape index (κ1) is 7.23. The van der Waals surface area contributed by atoms with Gasteiger partial charge in [0.05, 0.1) is 0 Å². The van der Waals surface area contributed by atoms with Crippen LogP contribution < -0.4 is 10.9 Å². The molecular weight excluding hydrogens is 176 g/mol. The van der Waals surface area contributed by atoms with Crippen molar-refractivity contribution in [3.05, 3.63) is 34.2 Å². The molecule has 1 N–H and O–H groups in total. The highest BCUT2D eigenvalue weighted by Crippen LogP contribution is 2.70. The van der Waals surface area contributed by atoms with Gasteiger partial charge in [0, 0.05) is 42.2 Å². The van der Waals surface area contributed by atoms with Gasteiger partial charge in [-0.2, -0.15) is 0 Å². The molecule has 4 rings (SSSR count). The minimum absolute atomic E-state index is 0.176. The van der Waals surface area contributed by atoms with Crippen molar-refractivity contribution in [3.63, 3.8) is 0 Å². The zero-order valence-electron chi connectivity index (χ0n) is 7.92. The average molecular weight is 188 g/mol. The van der Waals surface area contributed by atoms with Gasteiger partial charge in [0.25, 0.3) is 5.56 Å². The lowest BCUT2D eigenvalue weighted by Crippen LogP contribution is -2.29. The van der Waals surface area contributed by atoms with E-state index in [1.165, 1.54) is 12.1 Å². The van der Waals surface area contributed by atoms with Crippen molar-refractivity contribution in [2.24, 2.45) is 5.41 Å². The molecule has 3 heteroatoms. The third-order valence-electron chi connectivity index (χ3n) is 4.42. The van der Waals surface area contributed by atoms with Crippen LogP contribution in [0.15, 0.2) is 23.0 Å². The predicted octanol–water partition coefficient (Wildman–Crippen LogP) is 0.0930. The molecule has 1 saturated carbocycles. The van der Waals surface area contributed by atoms with Gasteiger partial charge >= 0.3 is 0 Å². The first-order chi connectivity index (χ1) is 6.78. The van der Waals surface area contributed by atoms with Gasteiger partial charge in [0.2, 0.25) is 0 Å². The second kappa shape index (κ2) is 1.82. The summed E-state index contributed by atoms with van der Waals surface area (Å²) in [6.07, 6.45) is 1.29. The van der Waals surface area contributed by atoms with Gasteiger partial charge in [0.15, 0.2) is 0 Å². The van der Waals surface area contributed by atoms with Gasteiger partial charge in [-0.1, -0.05) is 6.07 Å². The Labute approximate surface area is 81.7 Å². The Morgan fingerprint density at radius 3 is 3.21 bits per heavy atom. The number of fused-ring (bicyclic) bond motifs is 1. The van der Waals surface area contributed by atoms with Gasteiger partial charge in [-0.3, -0.25) is 4.79 Å². The largest absolute Gasteiger partial charge is 0.315 e. The Morgan fingerprint density at radius 1 is 1.36 bits per heavy atom. The maximum Gasteiger partial charge on any atom is 0.250 e. The third-order valence-corrected chi connectivity index (χ3v) is 4.42. The Morgan fingerprint density at radius 2 is 2.29 bits per heavy atom. The number of rotatable bonds is 0. The third kappa shape index (κ3) is 0.531. The van der Waals surface area contributed by atoms with E-state index >= 15 is 0 Å². The van der Waals surface area contributed by atoms with Gasteiger partial charge in [0.1, 0.15) is 0 Å². The molecule has 3 aliphatic rings. The van der Waals surface area contributed by atoms with Crippen LogP contribution in [0.4, 0.5) is 0 Å². The van der Waals surface area contributed by atoms with E-state index in [1.54, 1.807) is 6.07 Å². The van der Waals surface area contributed by atoms with Crippen molar-refractivity contribution in [2.45, 2.75) is 18.4 Å². The highest BCUT2D eigenvalue weighted by atomic mass is 16.1. The molecule has 1 saturated heterocycles. The number of piperidine rings is 1. The zero-order chi connectivity index (χ0) is 9.39. The summed E-state index contributed by atoms with van der Waals surface area (Å²) < 4.78 is 1.98. The predicted molar refractivity (Wildman–Crippen MR) is 52.3 cm³/mol. The highest BCUT2D eigenvalue weighted by molar-refractivity contribution is 5.42. The van der Waals surface area contributed by atoms with Crippen LogP contribution in [0.5, 0.6) is 0 Å². The van der Waals surface area contributed by atoms with Crippen molar-refractivity contribution in [2.75, 3.05) is 13.1 Å². The minimum atomic E-state index is 0.176. The van der Waals surface area contributed by atoms with Gasteiger partial charge in [-0.15, -0.1) is 0 Å². The molecule has 3 heterocycles. The fourth-order valence-electron chi connectivity index (χ4n) is 3.65. The van der Waals surface area contributed by atoms with Crippen molar-refractivity contribution >= 4 is 0 Å². The second-order valence-corrected chi connectivity index (χ2v) is 4.98. The summed E-state index contributed by atoms with van der Waals surface area (Å²) in [6, 6.07) is 5.70. The van der Waals surface area contributed by atoms with E-state index in [0.29, 0.717) is 10.8 Å². The summed E-state index contributed by atoms with van der Waals surface area (Å²) in [4.78, 5) is 11.6. The van der Waals surface area contributed by atoms with E-state index in [9.17, 15) is 4.79 Å². The monoisotopic (exact) mass is 188 g/mol. The molecule has 0 bridgehead atoms. The quantitative estimate of drug-likeness (QED) is 0.626. The van der Waals surface area contributed by atoms with E-state index in [2.05, 4.69) is 11.4 Å². The molecule has 2 fully saturated rings. The van der Waals surface area contributed by atoms with Crippen molar-refractivity contribution < 1.29 is 0 Å². The van der Waals surface area contributed by atoms with E-state index in [0.717, 1.165) is 19.6 Å². The number of aromatic nitrogens is 1. The Hall–Kier alpha value is -1.09. The number of hydrogen-bond donors (Lipinski definition) is 1. The SMILES string of the molecule is O=c1cccc2n1CC13CNCC21C3. The smallest absolute Gasteiger partial charge is 0.250 e. The maximum absolute atomic E-state index is 11.6. The van der Waals surface area contributed by atoms with Gasteiger partial charge < -0.3 is 9.88 Å². The minimum Gasteiger partial charge on any atom is -0.315 e. The van der Waals surface area contributed by atoms with Crippen molar-refractivity contribution in [3.8, 4) is 0 Å². The Bertz CT molecular complexity index is 488. The van der Waals surface area contributed by atoms with Crippen molar-refractivity contribution in [1.82, 2.24) is 9.88 Å². The van der Waals surface area contributed by atoms with Crippen LogP contribution in [0, 0.1) is 5.41 Å².